The number of nitrogens with zero attached hydrogens (tertiary/aromatic N) is 2. The van der Waals surface area contributed by atoms with Gasteiger partial charge in [0.15, 0.2) is 0 Å². The largest absolute Gasteiger partial charge is 0.314 e. The summed E-state index contributed by atoms with van der Waals surface area (Å²) in [5.74, 6) is 0. The molecular formula is C14H28N4O2S. The van der Waals surface area contributed by atoms with Crippen molar-refractivity contribution in [2.75, 3.05) is 6.54 Å². The van der Waals surface area contributed by atoms with Crippen LogP contribution in [0.4, 0.5) is 0 Å². The first-order valence-corrected chi connectivity index (χ1v) is 9.11. The lowest BCUT2D eigenvalue weighted by Gasteiger charge is -2.11. The third-order valence-corrected chi connectivity index (χ3v) is 4.66. The minimum absolute atomic E-state index is 0.0569. The second kappa shape index (κ2) is 8.51. The predicted molar refractivity (Wildman–Crippen MR) is 84.7 cm³/mol. The fraction of sp³-hybridized carbons (Fsp3) is 0.786. The first-order valence-electron chi connectivity index (χ1n) is 7.63. The third kappa shape index (κ3) is 6.58. The van der Waals surface area contributed by atoms with E-state index in [0.717, 1.165) is 25.8 Å². The Bertz CT molecular complexity index is 511. The Labute approximate surface area is 128 Å². The molecule has 0 saturated heterocycles. The summed E-state index contributed by atoms with van der Waals surface area (Å²) < 4.78 is 28.7. The highest BCUT2D eigenvalue weighted by Crippen LogP contribution is 2.09. The van der Waals surface area contributed by atoms with Crippen molar-refractivity contribution in [3.05, 3.63) is 12.4 Å². The van der Waals surface area contributed by atoms with Crippen molar-refractivity contribution in [3.63, 3.8) is 0 Å². The zero-order valence-corrected chi connectivity index (χ0v) is 14.3. The van der Waals surface area contributed by atoms with Gasteiger partial charge in [0.2, 0.25) is 10.0 Å². The molecule has 0 radical (unpaired) electrons. The third-order valence-electron chi connectivity index (χ3n) is 3.11. The Hall–Kier alpha value is -0.920. The first-order chi connectivity index (χ1) is 9.85. The van der Waals surface area contributed by atoms with Crippen LogP contribution in [0.5, 0.6) is 0 Å². The number of hydrogen-bond donors (Lipinski definition) is 2. The van der Waals surface area contributed by atoms with Gasteiger partial charge in [-0.15, -0.1) is 0 Å². The summed E-state index contributed by atoms with van der Waals surface area (Å²) in [6.07, 6.45) is 5.70. The molecule has 6 nitrogen and oxygen atoms in total. The highest BCUT2D eigenvalue weighted by Gasteiger charge is 2.18. The van der Waals surface area contributed by atoms with Gasteiger partial charge in [-0.3, -0.25) is 4.68 Å². The van der Waals surface area contributed by atoms with Crippen LogP contribution in [0.3, 0.4) is 0 Å². The predicted octanol–water partition coefficient (Wildman–Crippen LogP) is 1.74. The molecule has 0 aliphatic heterocycles. The molecule has 1 unspecified atom stereocenters. The van der Waals surface area contributed by atoms with E-state index >= 15 is 0 Å². The highest BCUT2D eigenvalue weighted by molar-refractivity contribution is 7.89. The van der Waals surface area contributed by atoms with Crippen molar-refractivity contribution in [1.82, 2.24) is 19.8 Å². The van der Waals surface area contributed by atoms with E-state index in [9.17, 15) is 8.42 Å². The summed E-state index contributed by atoms with van der Waals surface area (Å²) in [6, 6.07) is 0.404. The van der Waals surface area contributed by atoms with Crippen LogP contribution in [0.25, 0.3) is 0 Å². The van der Waals surface area contributed by atoms with Gasteiger partial charge in [0, 0.05) is 24.8 Å². The fourth-order valence-electron chi connectivity index (χ4n) is 2.06. The lowest BCUT2D eigenvalue weighted by molar-refractivity contribution is 0.513. The molecule has 0 saturated carbocycles. The van der Waals surface area contributed by atoms with E-state index in [0.29, 0.717) is 12.6 Å². The van der Waals surface area contributed by atoms with E-state index in [1.54, 1.807) is 10.9 Å². The number of hydrogen-bond acceptors (Lipinski definition) is 4. The molecule has 0 aliphatic carbocycles. The zero-order valence-electron chi connectivity index (χ0n) is 13.5. The topological polar surface area (TPSA) is 76.0 Å². The van der Waals surface area contributed by atoms with Gasteiger partial charge in [0.05, 0.1) is 6.20 Å². The van der Waals surface area contributed by atoms with Crippen molar-refractivity contribution in [2.24, 2.45) is 0 Å². The molecule has 122 valence electrons. The van der Waals surface area contributed by atoms with Gasteiger partial charge in [-0.05, 0) is 26.3 Å². The molecule has 0 aliphatic rings. The molecule has 0 bridgehead atoms. The van der Waals surface area contributed by atoms with Crippen LogP contribution >= 0.6 is 0 Å². The number of aromatic nitrogens is 2. The lowest BCUT2D eigenvalue weighted by Crippen LogP contribution is -2.32. The Morgan fingerprint density at radius 3 is 2.67 bits per heavy atom. The van der Waals surface area contributed by atoms with Gasteiger partial charge < -0.3 is 5.32 Å². The number of rotatable bonds is 10. The summed E-state index contributed by atoms with van der Waals surface area (Å²) in [5.41, 5.74) is 0. The Kier molecular flexibility index (Phi) is 7.34. The highest BCUT2D eigenvalue weighted by atomic mass is 32.2. The lowest BCUT2D eigenvalue weighted by atomic mass is 10.2. The molecule has 0 fully saturated rings. The molecule has 1 atom stereocenters. The smallest absolute Gasteiger partial charge is 0.243 e. The van der Waals surface area contributed by atoms with Gasteiger partial charge in [-0.25, -0.2) is 13.1 Å². The molecule has 1 aromatic heterocycles. The number of aryl methyl sites for hydroxylation is 1. The van der Waals surface area contributed by atoms with Crippen LogP contribution < -0.4 is 10.0 Å². The number of nitrogens with one attached hydrogen (secondary N) is 2. The van der Waals surface area contributed by atoms with E-state index in [1.165, 1.54) is 6.20 Å². The maximum atomic E-state index is 12.2. The van der Waals surface area contributed by atoms with E-state index in [2.05, 4.69) is 29.0 Å². The first kappa shape index (κ1) is 18.1. The van der Waals surface area contributed by atoms with Gasteiger partial charge in [0.25, 0.3) is 0 Å². The van der Waals surface area contributed by atoms with Gasteiger partial charge in [0.1, 0.15) is 4.90 Å². The van der Waals surface area contributed by atoms with Gasteiger partial charge in [-0.1, -0.05) is 27.2 Å². The van der Waals surface area contributed by atoms with E-state index in [4.69, 9.17) is 0 Å². The van der Waals surface area contributed by atoms with Crippen molar-refractivity contribution in [3.8, 4) is 0 Å². The SMILES string of the molecule is CCCC(C)NS(=O)(=O)c1cnn(CCCNC(C)C)c1. The maximum Gasteiger partial charge on any atom is 0.243 e. The molecular weight excluding hydrogens is 288 g/mol. The second-order valence-electron chi connectivity index (χ2n) is 5.71. The van der Waals surface area contributed by atoms with Crippen LogP contribution in [0.1, 0.15) is 47.0 Å². The summed E-state index contributed by atoms with van der Waals surface area (Å²) in [4.78, 5) is 0.238. The average Bonchev–Trinajstić information content (AvgIpc) is 2.83. The van der Waals surface area contributed by atoms with E-state index in [1.807, 2.05) is 13.8 Å². The van der Waals surface area contributed by atoms with E-state index in [-0.39, 0.29) is 10.9 Å². The summed E-state index contributed by atoms with van der Waals surface area (Å²) in [6.45, 7) is 9.71. The normalized spacial score (nSPS) is 13.8. The van der Waals surface area contributed by atoms with E-state index < -0.39 is 10.0 Å². The van der Waals surface area contributed by atoms with Crippen molar-refractivity contribution < 1.29 is 8.42 Å². The van der Waals surface area contributed by atoms with Crippen molar-refractivity contribution in [1.29, 1.82) is 0 Å². The average molecular weight is 316 g/mol. The summed E-state index contributed by atoms with van der Waals surface area (Å²) in [7, 11) is -3.45. The monoisotopic (exact) mass is 316 g/mol. The molecule has 1 heterocycles. The molecule has 7 heteroatoms. The van der Waals surface area contributed by atoms with Crippen molar-refractivity contribution in [2.45, 2.75) is 70.5 Å². The van der Waals surface area contributed by atoms with Crippen LogP contribution in [-0.2, 0) is 16.6 Å². The van der Waals surface area contributed by atoms with Crippen LogP contribution in [0.2, 0.25) is 0 Å². The fourth-order valence-corrected chi connectivity index (χ4v) is 3.29. The maximum absolute atomic E-state index is 12.2. The molecule has 1 aromatic rings. The summed E-state index contributed by atoms with van der Waals surface area (Å²) in [5, 5.41) is 7.44. The molecule has 0 spiro atoms. The molecule has 2 N–H and O–H groups in total. The molecule has 1 rings (SSSR count). The van der Waals surface area contributed by atoms with Crippen molar-refractivity contribution >= 4 is 10.0 Å². The summed E-state index contributed by atoms with van der Waals surface area (Å²) >= 11 is 0. The quantitative estimate of drug-likeness (QED) is 0.645. The molecule has 21 heavy (non-hydrogen) atoms. The number of sulfonamides is 1. The molecule has 0 aromatic carbocycles. The minimum atomic E-state index is -3.45. The van der Waals surface area contributed by atoms with Crippen LogP contribution in [-0.4, -0.2) is 36.8 Å². The van der Waals surface area contributed by atoms with Crippen LogP contribution in [0, 0.1) is 0 Å². The minimum Gasteiger partial charge on any atom is -0.314 e. The Morgan fingerprint density at radius 1 is 1.33 bits per heavy atom. The molecule has 0 amide bonds. The Balaban J connectivity index is 2.53. The van der Waals surface area contributed by atoms with Gasteiger partial charge in [-0.2, -0.15) is 5.10 Å². The zero-order chi connectivity index (χ0) is 15.9. The standard InChI is InChI=1S/C14H28N4O2S/c1-5-7-13(4)17-21(19,20)14-10-16-18(11-14)9-6-8-15-12(2)3/h10-13,15,17H,5-9H2,1-4H3. The van der Waals surface area contributed by atoms with Crippen LogP contribution in [0.15, 0.2) is 17.3 Å². The second-order valence-corrected chi connectivity index (χ2v) is 7.43. The Morgan fingerprint density at radius 2 is 2.05 bits per heavy atom. The van der Waals surface area contributed by atoms with Gasteiger partial charge >= 0.3 is 0 Å².